The molecule has 1 aromatic carbocycles. The molecule has 0 heterocycles. The SMILES string of the molecule is CN(CC(F)F)C(=O)c1ccc(N)c(Cl)c1. The van der Waals surface area contributed by atoms with Gasteiger partial charge in [0.15, 0.2) is 0 Å². The number of benzene rings is 1. The Balaban J connectivity index is 2.84. The number of nitrogens with zero attached hydrogens (tertiary/aromatic N) is 1. The predicted molar refractivity (Wildman–Crippen MR) is 58.8 cm³/mol. The molecule has 0 saturated carbocycles. The third-order valence-corrected chi connectivity index (χ3v) is 2.33. The Bertz CT molecular complexity index is 398. The van der Waals surface area contributed by atoms with Crippen LogP contribution in [0.4, 0.5) is 14.5 Å². The Labute approximate surface area is 96.8 Å². The van der Waals surface area contributed by atoms with Crippen LogP contribution in [0.5, 0.6) is 0 Å². The number of carbonyl (C=O) groups excluding carboxylic acids is 1. The van der Waals surface area contributed by atoms with Crippen molar-refractivity contribution in [3.8, 4) is 0 Å². The van der Waals surface area contributed by atoms with Gasteiger partial charge in [0.05, 0.1) is 17.3 Å². The molecule has 0 saturated heterocycles. The smallest absolute Gasteiger partial charge is 0.255 e. The van der Waals surface area contributed by atoms with Crippen molar-refractivity contribution in [2.45, 2.75) is 6.43 Å². The van der Waals surface area contributed by atoms with Crippen molar-refractivity contribution in [2.75, 3.05) is 19.3 Å². The first-order valence-electron chi connectivity index (χ1n) is 4.50. The molecule has 0 atom stereocenters. The molecule has 0 fully saturated rings. The van der Waals surface area contributed by atoms with Gasteiger partial charge >= 0.3 is 0 Å². The molecule has 0 bridgehead atoms. The van der Waals surface area contributed by atoms with Crippen LogP contribution in [0.15, 0.2) is 18.2 Å². The van der Waals surface area contributed by atoms with E-state index in [0.29, 0.717) is 5.69 Å². The number of anilines is 1. The maximum Gasteiger partial charge on any atom is 0.255 e. The van der Waals surface area contributed by atoms with E-state index < -0.39 is 18.9 Å². The summed E-state index contributed by atoms with van der Waals surface area (Å²) in [6, 6.07) is 4.28. The lowest BCUT2D eigenvalue weighted by atomic mass is 10.2. The lowest BCUT2D eigenvalue weighted by Gasteiger charge is -2.16. The van der Waals surface area contributed by atoms with Crippen LogP contribution < -0.4 is 5.73 Å². The van der Waals surface area contributed by atoms with Gasteiger partial charge in [0.2, 0.25) is 0 Å². The van der Waals surface area contributed by atoms with Gasteiger partial charge in [0.1, 0.15) is 0 Å². The zero-order chi connectivity index (χ0) is 12.3. The number of carbonyl (C=O) groups is 1. The Morgan fingerprint density at radius 2 is 2.19 bits per heavy atom. The predicted octanol–water partition coefficient (Wildman–Crippen LogP) is 2.26. The molecule has 2 N–H and O–H groups in total. The summed E-state index contributed by atoms with van der Waals surface area (Å²) in [5.74, 6) is -0.512. The summed E-state index contributed by atoms with van der Waals surface area (Å²) < 4.78 is 24.1. The van der Waals surface area contributed by atoms with Gasteiger partial charge in [0, 0.05) is 12.6 Å². The van der Waals surface area contributed by atoms with Crippen LogP contribution in [0, 0.1) is 0 Å². The van der Waals surface area contributed by atoms with Gasteiger partial charge in [0.25, 0.3) is 12.3 Å². The minimum Gasteiger partial charge on any atom is -0.398 e. The standard InChI is InChI=1S/C10H11ClF2N2O/c1-15(5-9(12)13)10(16)6-2-3-8(14)7(11)4-6/h2-4,9H,5,14H2,1H3. The summed E-state index contributed by atoms with van der Waals surface area (Å²) >= 11 is 5.72. The molecule has 0 aromatic heterocycles. The van der Waals surface area contributed by atoms with E-state index in [1.807, 2.05) is 0 Å². The van der Waals surface area contributed by atoms with Gasteiger partial charge in [-0.05, 0) is 18.2 Å². The monoisotopic (exact) mass is 248 g/mol. The van der Waals surface area contributed by atoms with Gasteiger partial charge in [-0.15, -0.1) is 0 Å². The second-order valence-electron chi connectivity index (χ2n) is 3.31. The number of rotatable bonds is 3. The van der Waals surface area contributed by atoms with Gasteiger partial charge < -0.3 is 10.6 Å². The van der Waals surface area contributed by atoms with E-state index in [0.717, 1.165) is 4.90 Å². The van der Waals surface area contributed by atoms with Crippen LogP contribution in [0.2, 0.25) is 5.02 Å². The first-order chi connectivity index (χ1) is 7.41. The van der Waals surface area contributed by atoms with Crippen LogP contribution in [-0.2, 0) is 0 Å². The second-order valence-corrected chi connectivity index (χ2v) is 3.72. The zero-order valence-corrected chi connectivity index (χ0v) is 9.34. The van der Waals surface area contributed by atoms with Crippen LogP contribution >= 0.6 is 11.6 Å². The van der Waals surface area contributed by atoms with Crippen molar-refractivity contribution in [1.82, 2.24) is 4.90 Å². The second kappa shape index (κ2) is 5.12. The fraction of sp³-hybridized carbons (Fsp3) is 0.300. The molecule has 0 aliphatic heterocycles. The number of hydrogen-bond acceptors (Lipinski definition) is 2. The average molecular weight is 249 g/mol. The molecule has 88 valence electrons. The van der Waals surface area contributed by atoms with Crippen LogP contribution in [0.1, 0.15) is 10.4 Å². The summed E-state index contributed by atoms with van der Waals surface area (Å²) in [5.41, 5.74) is 6.05. The highest BCUT2D eigenvalue weighted by Crippen LogP contribution is 2.20. The minimum absolute atomic E-state index is 0.233. The lowest BCUT2D eigenvalue weighted by Crippen LogP contribution is -2.31. The van der Waals surface area contributed by atoms with Crippen LogP contribution in [0.25, 0.3) is 0 Å². The largest absolute Gasteiger partial charge is 0.398 e. The first-order valence-corrected chi connectivity index (χ1v) is 4.88. The number of halogens is 3. The molecule has 0 unspecified atom stereocenters. The molecule has 0 spiro atoms. The highest BCUT2D eigenvalue weighted by Gasteiger charge is 2.16. The molecule has 6 heteroatoms. The van der Waals surface area contributed by atoms with Crippen molar-refractivity contribution in [1.29, 1.82) is 0 Å². The summed E-state index contributed by atoms with van der Waals surface area (Å²) in [5, 5.41) is 0.233. The topological polar surface area (TPSA) is 46.3 Å². The maximum absolute atomic E-state index is 12.1. The summed E-state index contributed by atoms with van der Waals surface area (Å²) in [7, 11) is 1.30. The number of nitrogens with two attached hydrogens (primary N) is 1. The van der Waals surface area contributed by atoms with E-state index in [1.165, 1.54) is 25.2 Å². The molecule has 0 aliphatic carbocycles. The first kappa shape index (κ1) is 12.7. The Morgan fingerprint density at radius 3 is 2.69 bits per heavy atom. The average Bonchev–Trinajstić information content (AvgIpc) is 2.20. The molecule has 16 heavy (non-hydrogen) atoms. The molecule has 3 nitrogen and oxygen atoms in total. The highest BCUT2D eigenvalue weighted by atomic mass is 35.5. The van der Waals surface area contributed by atoms with E-state index in [1.54, 1.807) is 0 Å². The fourth-order valence-corrected chi connectivity index (χ4v) is 1.35. The molecule has 1 amide bonds. The van der Waals surface area contributed by atoms with Crippen molar-refractivity contribution in [3.05, 3.63) is 28.8 Å². The third-order valence-electron chi connectivity index (χ3n) is 2.01. The quantitative estimate of drug-likeness (QED) is 0.834. The number of amides is 1. The lowest BCUT2D eigenvalue weighted by molar-refractivity contribution is 0.0620. The zero-order valence-electron chi connectivity index (χ0n) is 8.58. The van der Waals surface area contributed by atoms with Crippen molar-refractivity contribution >= 4 is 23.2 Å². The van der Waals surface area contributed by atoms with Crippen molar-refractivity contribution in [3.63, 3.8) is 0 Å². The van der Waals surface area contributed by atoms with E-state index in [9.17, 15) is 13.6 Å². The maximum atomic E-state index is 12.1. The Kier molecular flexibility index (Phi) is 4.06. The number of alkyl halides is 2. The van der Waals surface area contributed by atoms with E-state index in [2.05, 4.69) is 0 Å². The minimum atomic E-state index is -2.56. The van der Waals surface area contributed by atoms with E-state index >= 15 is 0 Å². The molecule has 0 radical (unpaired) electrons. The van der Waals surface area contributed by atoms with E-state index in [-0.39, 0.29) is 10.6 Å². The van der Waals surface area contributed by atoms with Gasteiger partial charge in [-0.3, -0.25) is 4.79 Å². The van der Waals surface area contributed by atoms with Gasteiger partial charge in [-0.2, -0.15) is 0 Å². The Morgan fingerprint density at radius 1 is 1.56 bits per heavy atom. The number of hydrogen-bond donors (Lipinski definition) is 1. The van der Waals surface area contributed by atoms with E-state index in [4.69, 9.17) is 17.3 Å². The van der Waals surface area contributed by atoms with Gasteiger partial charge in [-0.1, -0.05) is 11.6 Å². The highest BCUT2D eigenvalue weighted by molar-refractivity contribution is 6.33. The van der Waals surface area contributed by atoms with Crippen LogP contribution in [-0.4, -0.2) is 30.8 Å². The summed E-state index contributed by atoms with van der Waals surface area (Å²) in [6.45, 7) is -0.610. The van der Waals surface area contributed by atoms with Crippen LogP contribution in [0.3, 0.4) is 0 Å². The van der Waals surface area contributed by atoms with Crippen molar-refractivity contribution < 1.29 is 13.6 Å². The Hall–Kier alpha value is -1.36. The summed E-state index contributed by atoms with van der Waals surface area (Å²) in [4.78, 5) is 12.6. The van der Waals surface area contributed by atoms with Crippen molar-refractivity contribution in [2.24, 2.45) is 0 Å². The molecule has 0 aliphatic rings. The molecular formula is C10H11ClF2N2O. The normalized spacial score (nSPS) is 10.6. The number of nitrogen functional groups attached to an aromatic ring is 1. The molecular weight excluding hydrogens is 238 g/mol. The molecule has 1 rings (SSSR count). The summed E-state index contributed by atoms with van der Waals surface area (Å²) in [6.07, 6.45) is -2.56. The third kappa shape index (κ3) is 3.06. The molecule has 1 aromatic rings. The fourth-order valence-electron chi connectivity index (χ4n) is 1.17. The van der Waals surface area contributed by atoms with Gasteiger partial charge in [-0.25, -0.2) is 8.78 Å².